The van der Waals surface area contributed by atoms with Crippen molar-refractivity contribution in [2.24, 2.45) is 5.92 Å². The number of rotatable bonds is 7. The number of amides is 1. The van der Waals surface area contributed by atoms with Gasteiger partial charge in [-0.25, -0.2) is 0 Å². The van der Waals surface area contributed by atoms with E-state index in [2.05, 4.69) is 5.32 Å². The van der Waals surface area contributed by atoms with E-state index in [0.717, 1.165) is 32.5 Å². The molecule has 2 rings (SSSR count). The van der Waals surface area contributed by atoms with Gasteiger partial charge in [-0.15, -0.1) is 0 Å². The normalized spacial score (nSPS) is 21.7. The molecule has 2 heterocycles. The predicted molar refractivity (Wildman–Crippen MR) is 78.7 cm³/mol. The monoisotopic (exact) mass is 295 g/mol. The molecule has 1 amide bonds. The quantitative estimate of drug-likeness (QED) is 0.810. The van der Waals surface area contributed by atoms with Crippen LogP contribution >= 0.6 is 0 Å². The van der Waals surface area contributed by atoms with E-state index < -0.39 is 6.10 Å². The van der Waals surface area contributed by atoms with E-state index in [1.165, 1.54) is 6.26 Å². The Bertz CT molecular complexity index is 412. The number of carbonyl (C=O) groups is 1. The number of hydrogen-bond acceptors (Lipinski definition) is 4. The third kappa shape index (κ3) is 5.52. The molecule has 2 N–H and O–H groups in total. The molecule has 1 saturated heterocycles. The molecule has 5 nitrogen and oxygen atoms in total. The van der Waals surface area contributed by atoms with Gasteiger partial charge in [0.25, 0.3) is 0 Å². The molecule has 0 spiro atoms. The summed E-state index contributed by atoms with van der Waals surface area (Å²) in [6.45, 7) is 3.53. The summed E-state index contributed by atoms with van der Waals surface area (Å²) in [7, 11) is 0. The molecule has 0 radical (unpaired) electrons. The van der Waals surface area contributed by atoms with Crippen LogP contribution in [0, 0.1) is 5.92 Å². The minimum absolute atomic E-state index is 0.0414. The van der Waals surface area contributed by atoms with Gasteiger partial charge in [0.1, 0.15) is 11.9 Å². The molecule has 5 heteroatoms. The van der Waals surface area contributed by atoms with Crippen LogP contribution in [0.4, 0.5) is 0 Å². The van der Waals surface area contributed by atoms with Gasteiger partial charge in [0.2, 0.25) is 5.91 Å². The number of ether oxygens (including phenoxy) is 1. The first-order valence-corrected chi connectivity index (χ1v) is 7.73. The van der Waals surface area contributed by atoms with Crippen molar-refractivity contribution in [1.29, 1.82) is 0 Å². The van der Waals surface area contributed by atoms with E-state index in [-0.39, 0.29) is 11.9 Å². The summed E-state index contributed by atoms with van der Waals surface area (Å²) in [5.74, 6) is 1.09. The van der Waals surface area contributed by atoms with Crippen LogP contribution < -0.4 is 5.32 Å². The van der Waals surface area contributed by atoms with Crippen LogP contribution in [0.1, 0.15) is 50.9 Å². The van der Waals surface area contributed by atoms with E-state index in [1.807, 2.05) is 6.92 Å². The second kappa shape index (κ2) is 8.20. The first-order valence-electron chi connectivity index (χ1n) is 7.73. The van der Waals surface area contributed by atoms with Crippen LogP contribution in [0.5, 0.6) is 0 Å². The summed E-state index contributed by atoms with van der Waals surface area (Å²) in [6.07, 6.45) is 4.95. The zero-order chi connectivity index (χ0) is 15.1. The van der Waals surface area contributed by atoms with Gasteiger partial charge in [0.15, 0.2) is 0 Å². The number of carbonyl (C=O) groups excluding carboxylic acids is 1. The molecule has 1 aromatic rings. The first-order chi connectivity index (χ1) is 10.1. The fourth-order valence-corrected chi connectivity index (χ4v) is 2.71. The van der Waals surface area contributed by atoms with E-state index in [4.69, 9.17) is 9.15 Å². The molecule has 3 unspecified atom stereocenters. The Labute approximate surface area is 125 Å². The molecular formula is C16H25NO4. The van der Waals surface area contributed by atoms with E-state index in [1.54, 1.807) is 12.1 Å². The lowest BCUT2D eigenvalue weighted by atomic mass is 9.96. The van der Waals surface area contributed by atoms with Gasteiger partial charge in [0.05, 0.1) is 6.26 Å². The molecule has 118 valence electrons. The molecule has 21 heavy (non-hydrogen) atoms. The summed E-state index contributed by atoms with van der Waals surface area (Å²) in [5, 5.41) is 12.9. The molecule has 0 aliphatic carbocycles. The lowest BCUT2D eigenvalue weighted by Crippen LogP contribution is -2.34. The molecular weight excluding hydrogens is 270 g/mol. The minimum atomic E-state index is -0.679. The van der Waals surface area contributed by atoms with Gasteiger partial charge < -0.3 is 19.6 Å². The van der Waals surface area contributed by atoms with Crippen LogP contribution in [0.2, 0.25) is 0 Å². The van der Waals surface area contributed by atoms with Crippen LogP contribution in [-0.2, 0) is 9.53 Å². The average molecular weight is 295 g/mol. The second-order valence-corrected chi connectivity index (χ2v) is 5.86. The highest BCUT2D eigenvalue weighted by Gasteiger charge is 2.18. The fourth-order valence-electron chi connectivity index (χ4n) is 2.71. The molecule has 1 fully saturated rings. The number of nitrogens with one attached hydrogen (secondary N) is 1. The summed E-state index contributed by atoms with van der Waals surface area (Å²) >= 11 is 0. The van der Waals surface area contributed by atoms with Crippen LogP contribution in [0.15, 0.2) is 22.8 Å². The van der Waals surface area contributed by atoms with Gasteiger partial charge in [-0.3, -0.25) is 4.79 Å². The Morgan fingerprint density at radius 1 is 1.57 bits per heavy atom. The van der Waals surface area contributed by atoms with Crippen LogP contribution in [0.25, 0.3) is 0 Å². The number of hydrogen-bond donors (Lipinski definition) is 2. The van der Waals surface area contributed by atoms with Gasteiger partial charge in [0, 0.05) is 32.1 Å². The maximum Gasteiger partial charge on any atom is 0.220 e. The first kappa shape index (κ1) is 16.0. The maximum absolute atomic E-state index is 11.9. The molecule has 0 bridgehead atoms. The summed E-state index contributed by atoms with van der Waals surface area (Å²) < 4.78 is 10.6. The zero-order valence-electron chi connectivity index (χ0n) is 12.6. The lowest BCUT2D eigenvalue weighted by Gasteiger charge is -2.22. The third-order valence-electron chi connectivity index (χ3n) is 3.89. The molecule has 1 aliphatic heterocycles. The Balaban J connectivity index is 1.64. The van der Waals surface area contributed by atoms with Gasteiger partial charge in [-0.1, -0.05) is 0 Å². The highest BCUT2D eigenvalue weighted by Crippen LogP contribution is 2.20. The second-order valence-electron chi connectivity index (χ2n) is 5.86. The van der Waals surface area contributed by atoms with Gasteiger partial charge in [-0.2, -0.15) is 0 Å². The van der Waals surface area contributed by atoms with E-state index in [9.17, 15) is 9.90 Å². The lowest BCUT2D eigenvalue weighted by molar-refractivity contribution is -0.122. The Kier molecular flexibility index (Phi) is 6.26. The standard InChI is InChI=1S/C16H25NO4/c1-12(10-14(18)15-5-3-9-21-15)17-16(19)7-6-13-4-2-8-20-11-13/h3,5,9,12-14,18H,2,4,6-8,10-11H2,1H3,(H,17,19). The Morgan fingerprint density at radius 3 is 3.10 bits per heavy atom. The number of aliphatic hydroxyl groups excluding tert-OH is 1. The van der Waals surface area contributed by atoms with Crippen molar-refractivity contribution < 1.29 is 19.1 Å². The van der Waals surface area contributed by atoms with Crippen LogP contribution in [0.3, 0.4) is 0 Å². The zero-order valence-corrected chi connectivity index (χ0v) is 12.6. The van der Waals surface area contributed by atoms with Crippen molar-refractivity contribution >= 4 is 5.91 Å². The maximum atomic E-state index is 11.9. The Morgan fingerprint density at radius 2 is 2.43 bits per heavy atom. The van der Waals surface area contributed by atoms with Crippen LogP contribution in [-0.4, -0.2) is 30.3 Å². The van der Waals surface area contributed by atoms with Crippen molar-refractivity contribution in [2.75, 3.05) is 13.2 Å². The molecule has 3 atom stereocenters. The topological polar surface area (TPSA) is 71.7 Å². The van der Waals surface area contributed by atoms with Gasteiger partial charge in [-0.05, 0) is 44.2 Å². The van der Waals surface area contributed by atoms with E-state index in [0.29, 0.717) is 24.5 Å². The van der Waals surface area contributed by atoms with Crippen molar-refractivity contribution in [3.8, 4) is 0 Å². The smallest absolute Gasteiger partial charge is 0.220 e. The molecule has 1 aliphatic rings. The number of aliphatic hydroxyl groups is 1. The molecule has 0 saturated carbocycles. The average Bonchev–Trinajstić information content (AvgIpc) is 3.00. The SMILES string of the molecule is CC(CC(O)c1ccco1)NC(=O)CCC1CCCOC1. The third-order valence-corrected chi connectivity index (χ3v) is 3.89. The Hall–Kier alpha value is -1.33. The van der Waals surface area contributed by atoms with E-state index >= 15 is 0 Å². The summed E-state index contributed by atoms with van der Waals surface area (Å²) in [6, 6.07) is 3.40. The largest absolute Gasteiger partial charge is 0.467 e. The minimum Gasteiger partial charge on any atom is -0.467 e. The van der Waals surface area contributed by atoms with Crippen molar-refractivity contribution in [2.45, 2.75) is 51.2 Å². The summed E-state index contributed by atoms with van der Waals surface area (Å²) in [5.41, 5.74) is 0. The number of furan rings is 1. The fraction of sp³-hybridized carbons (Fsp3) is 0.688. The summed E-state index contributed by atoms with van der Waals surface area (Å²) in [4.78, 5) is 11.9. The molecule has 1 aromatic heterocycles. The predicted octanol–water partition coefficient (Wildman–Crippen LogP) is 2.41. The van der Waals surface area contributed by atoms with Crippen molar-refractivity contribution in [3.05, 3.63) is 24.2 Å². The van der Waals surface area contributed by atoms with Crippen molar-refractivity contribution in [3.63, 3.8) is 0 Å². The van der Waals surface area contributed by atoms with Crippen molar-refractivity contribution in [1.82, 2.24) is 5.32 Å². The van der Waals surface area contributed by atoms with Gasteiger partial charge >= 0.3 is 0 Å². The highest BCUT2D eigenvalue weighted by molar-refractivity contribution is 5.76. The molecule has 0 aromatic carbocycles. The highest BCUT2D eigenvalue weighted by atomic mass is 16.5.